The lowest BCUT2D eigenvalue weighted by atomic mass is 10.1. The van der Waals surface area contributed by atoms with Crippen LogP contribution < -0.4 is 0 Å². The van der Waals surface area contributed by atoms with E-state index in [1.807, 2.05) is 29.7 Å². The van der Waals surface area contributed by atoms with Crippen LogP contribution >= 0.6 is 15.9 Å². The topological polar surface area (TPSA) is 50.9 Å². The zero-order valence-electron chi connectivity index (χ0n) is 10.5. The number of nitrogens with zero attached hydrogens (tertiary/aromatic N) is 3. The SMILES string of the molecule is CCCn1c(CO)nnc1-c1cccc(Br)c1C. The Morgan fingerprint density at radius 1 is 1.33 bits per heavy atom. The highest BCUT2D eigenvalue weighted by Crippen LogP contribution is 2.28. The van der Waals surface area contributed by atoms with Gasteiger partial charge in [-0.25, -0.2) is 0 Å². The van der Waals surface area contributed by atoms with E-state index in [0.29, 0.717) is 5.82 Å². The van der Waals surface area contributed by atoms with Crippen LogP contribution in [0, 0.1) is 6.92 Å². The van der Waals surface area contributed by atoms with Crippen molar-refractivity contribution in [2.24, 2.45) is 0 Å². The van der Waals surface area contributed by atoms with Crippen molar-refractivity contribution in [1.82, 2.24) is 14.8 Å². The van der Waals surface area contributed by atoms with Crippen LogP contribution in [0.3, 0.4) is 0 Å². The third-order valence-corrected chi connectivity index (χ3v) is 3.78. The molecule has 0 spiro atoms. The van der Waals surface area contributed by atoms with Crippen molar-refractivity contribution in [3.05, 3.63) is 34.1 Å². The molecule has 0 bridgehead atoms. The molecule has 2 rings (SSSR count). The zero-order chi connectivity index (χ0) is 13.1. The molecule has 0 aliphatic carbocycles. The molecule has 0 fully saturated rings. The second-order valence-electron chi connectivity index (χ2n) is 4.16. The molecule has 1 aromatic heterocycles. The highest BCUT2D eigenvalue weighted by Gasteiger charge is 2.15. The molecule has 4 nitrogen and oxygen atoms in total. The van der Waals surface area contributed by atoms with Gasteiger partial charge in [-0.15, -0.1) is 10.2 Å². The Hall–Kier alpha value is -1.20. The van der Waals surface area contributed by atoms with Crippen LogP contribution in [0.25, 0.3) is 11.4 Å². The van der Waals surface area contributed by atoms with E-state index in [9.17, 15) is 5.11 Å². The first-order valence-electron chi connectivity index (χ1n) is 5.97. The quantitative estimate of drug-likeness (QED) is 0.944. The fraction of sp³-hybridized carbons (Fsp3) is 0.385. The van der Waals surface area contributed by atoms with Crippen molar-refractivity contribution in [3.63, 3.8) is 0 Å². The molecule has 96 valence electrons. The van der Waals surface area contributed by atoms with Gasteiger partial charge >= 0.3 is 0 Å². The van der Waals surface area contributed by atoms with E-state index in [-0.39, 0.29) is 6.61 Å². The van der Waals surface area contributed by atoms with Crippen molar-refractivity contribution in [3.8, 4) is 11.4 Å². The van der Waals surface area contributed by atoms with Crippen molar-refractivity contribution in [2.45, 2.75) is 33.4 Å². The largest absolute Gasteiger partial charge is 0.388 e. The van der Waals surface area contributed by atoms with Crippen LogP contribution in [-0.2, 0) is 13.2 Å². The summed E-state index contributed by atoms with van der Waals surface area (Å²) in [6, 6.07) is 6.01. The lowest BCUT2D eigenvalue weighted by Gasteiger charge is -2.10. The van der Waals surface area contributed by atoms with Gasteiger partial charge in [0.1, 0.15) is 6.61 Å². The minimum Gasteiger partial charge on any atom is -0.388 e. The van der Waals surface area contributed by atoms with E-state index in [2.05, 4.69) is 33.1 Å². The normalized spacial score (nSPS) is 10.9. The van der Waals surface area contributed by atoms with E-state index in [0.717, 1.165) is 34.4 Å². The molecular weight excluding hydrogens is 294 g/mol. The molecule has 0 atom stereocenters. The molecule has 1 heterocycles. The fourth-order valence-corrected chi connectivity index (χ4v) is 2.33. The summed E-state index contributed by atoms with van der Waals surface area (Å²) in [6.45, 7) is 4.87. The molecule has 0 aliphatic heterocycles. The van der Waals surface area contributed by atoms with Gasteiger partial charge in [0.2, 0.25) is 0 Å². The number of hydrogen-bond acceptors (Lipinski definition) is 3. The number of aromatic nitrogens is 3. The van der Waals surface area contributed by atoms with Crippen molar-refractivity contribution < 1.29 is 5.11 Å². The summed E-state index contributed by atoms with van der Waals surface area (Å²) in [7, 11) is 0. The van der Waals surface area contributed by atoms with Crippen LogP contribution in [0.2, 0.25) is 0 Å². The maximum absolute atomic E-state index is 9.30. The summed E-state index contributed by atoms with van der Waals surface area (Å²) >= 11 is 3.52. The van der Waals surface area contributed by atoms with Gasteiger partial charge < -0.3 is 9.67 Å². The van der Waals surface area contributed by atoms with Gasteiger partial charge in [0.15, 0.2) is 11.6 Å². The Kier molecular flexibility index (Phi) is 4.14. The third kappa shape index (κ3) is 2.33. The van der Waals surface area contributed by atoms with E-state index < -0.39 is 0 Å². The van der Waals surface area contributed by atoms with Gasteiger partial charge in [-0.2, -0.15) is 0 Å². The lowest BCUT2D eigenvalue weighted by molar-refractivity contribution is 0.264. The molecule has 5 heteroatoms. The zero-order valence-corrected chi connectivity index (χ0v) is 12.1. The standard InChI is InChI=1S/C13H16BrN3O/c1-3-7-17-12(8-18)15-16-13(17)10-5-4-6-11(14)9(10)2/h4-6,18H,3,7-8H2,1-2H3. The Labute approximate surface area is 115 Å². The average molecular weight is 310 g/mol. The number of rotatable bonds is 4. The first-order chi connectivity index (χ1) is 8.69. The first-order valence-corrected chi connectivity index (χ1v) is 6.76. The molecule has 0 amide bonds. The molecule has 0 aliphatic rings. The summed E-state index contributed by atoms with van der Waals surface area (Å²) in [5, 5.41) is 17.6. The molecule has 1 N–H and O–H groups in total. The van der Waals surface area contributed by atoms with E-state index in [1.54, 1.807) is 0 Å². The smallest absolute Gasteiger partial charge is 0.164 e. The van der Waals surface area contributed by atoms with Crippen molar-refractivity contribution in [2.75, 3.05) is 0 Å². The number of halogens is 1. The second kappa shape index (κ2) is 5.63. The predicted octanol–water partition coefficient (Wildman–Crippen LogP) is 2.92. The summed E-state index contributed by atoms with van der Waals surface area (Å²) in [4.78, 5) is 0. The van der Waals surface area contributed by atoms with Crippen LogP contribution in [0.1, 0.15) is 24.7 Å². The van der Waals surface area contributed by atoms with Crippen LogP contribution in [-0.4, -0.2) is 19.9 Å². The number of aliphatic hydroxyl groups excluding tert-OH is 1. The fourth-order valence-electron chi connectivity index (χ4n) is 1.96. The molecule has 2 aromatic rings. The first kappa shape index (κ1) is 13.2. The Bertz CT molecular complexity index is 551. The molecular formula is C13H16BrN3O. The average Bonchev–Trinajstić information content (AvgIpc) is 2.76. The van der Waals surface area contributed by atoms with Gasteiger partial charge in [0.05, 0.1) is 0 Å². The van der Waals surface area contributed by atoms with E-state index in [4.69, 9.17) is 0 Å². The Morgan fingerprint density at radius 2 is 2.11 bits per heavy atom. The molecule has 0 saturated carbocycles. The third-order valence-electron chi connectivity index (χ3n) is 2.92. The minimum absolute atomic E-state index is 0.0833. The Morgan fingerprint density at radius 3 is 2.78 bits per heavy atom. The summed E-state index contributed by atoms with van der Waals surface area (Å²) < 4.78 is 3.03. The van der Waals surface area contributed by atoms with Gasteiger partial charge in [-0.05, 0) is 25.0 Å². The van der Waals surface area contributed by atoms with Gasteiger partial charge in [0, 0.05) is 16.6 Å². The van der Waals surface area contributed by atoms with Gasteiger partial charge in [0.25, 0.3) is 0 Å². The van der Waals surface area contributed by atoms with Crippen LogP contribution in [0.4, 0.5) is 0 Å². The van der Waals surface area contributed by atoms with Crippen molar-refractivity contribution in [1.29, 1.82) is 0 Å². The number of aliphatic hydroxyl groups is 1. The summed E-state index contributed by atoms with van der Waals surface area (Å²) in [5.74, 6) is 1.44. The van der Waals surface area contributed by atoms with E-state index in [1.165, 1.54) is 0 Å². The maximum atomic E-state index is 9.30. The highest BCUT2D eigenvalue weighted by molar-refractivity contribution is 9.10. The van der Waals surface area contributed by atoms with Crippen LogP contribution in [0.15, 0.2) is 22.7 Å². The predicted molar refractivity (Wildman–Crippen MR) is 74.1 cm³/mol. The Balaban J connectivity index is 2.56. The lowest BCUT2D eigenvalue weighted by Crippen LogP contribution is -2.05. The molecule has 0 unspecified atom stereocenters. The molecule has 0 saturated heterocycles. The number of benzene rings is 1. The minimum atomic E-state index is -0.0833. The number of hydrogen-bond donors (Lipinski definition) is 1. The summed E-state index contributed by atoms with van der Waals surface area (Å²) in [5.41, 5.74) is 2.18. The molecule has 1 aromatic carbocycles. The highest BCUT2D eigenvalue weighted by atomic mass is 79.9. The summed E-state index contributed by atoms with van der Waals surface area (Å²) in [6.07, 6.45) is 0.977. The van der Waals surface area contributed by atoms with E-state index >= 15 is 0 Å². The van der Waals surface area contributed by atoms with Gasteiger partial charge in [-0.1, -0.05) is 35.0 Å². The second-order valence-corrected chi connectivity index (χ2v) is 5.02. The van der Waals surface area contributed by atoms with Crippen LogP contribution in [0.5, 0.6) is 0 Å². The van der Waals surface area contributed by atoms with Gasteiger partial charge in [-0.3, -0.25) is 0 Å². The molecule has 0 radical (unpaired) electrons. The monoisotopic (exact) mass is 309 g/mol. The molecule has 18 heavy (non-hydrogen) atoms. The maximum Gasteiger partial charge on any atom is 0.164 e. The van der Waals surface area contributed by atoms with Crippen molar-refractivity contribution >= 4 is 15.9 Å².